The minimum atomic E-state index is -0.767. The summed E-state index contributed by atoms with van der Waals surface area (Å²) in [6.07, 6.45) is 2.56. The van der Waals surface area contributed by atoms with Crippen molar-refractivity contribution in [2.45, 2.75) is 32.6 Å². The van der Waals surface area contributed by atoms with Crippen LogP contribution in [-0.4, -0.2) is 23.5 Å². The molecule has 21 heavy (non-hydrogen) atoms. The highest BCUT2D eigenvalue weighted by Gasteiger charge is 2.12. The third-order valence-electron chi connectivity index (χ3n) is 3.36. The fourth-order valence-electron chi connectivity index (χ4n) is 2.04. The SMILES string of the molecule is CCC(CCNC(=O)c1ccc(Br)cc1Br)CCC(=O)O. The Morgan fingerprint density at radius 2 is 2.00 bits per heavy atom. The molecule has 0 fully saturated rings. The van der Waals surface area contributed by atoms with Crippen molar-refractivity contribution >= 4 is 43.7 Å². The highest BCUT2D eigenvalue weighted by Crippen LogP contribution is 2.22. The number of carboxylic acids is 1. The average Bonchev–Trinajstić information content (AvgIpc) is 2.42. The summed E-state index contributed by atoms with van der Waals surface area (Å²) < 4.78 is 1.65. The molecule has 0 aliphatic carbocycles. The molecule has 116 valence electrons. The van der Waals surface area contributed by atoms with Crippen molar-refractivity contribution in [2.75, 3.05) is 6.54 Å². The van der Waals surface area contributed by atoms with E-state index in [2.05, 4.69) is 37.2 Å². The topological polar surface area (TPSA) is 66.4 Å². The van der Waals surface area contributed by atoms with Crippen LogP contribution in [0.1, 0.15) is 43.0 Å². The molecule has 0 aliphatic heterocycles. The Morgan fingerprint density at radius 3 is 2.57 bits per heavy atom. The molecule has 0 saturated carbocycles. The van der Waals surface area contributed by atoms with Crippen LogP contribution in [0.5, 0.6) is 0 Å². The Labute approximate surface area is 141 Å². The van der Waals surface area contributed by atoms with Gasteiger partial charge in [0.15, 0.2) is 0 Å². The summed E-state index contributed by atoms with van der Waals surface area (Å²) >= 11 is 6.71. The number of halogens is 2. The summed E-state index contributed by atoms with van der Waals surface area (Å²) in [5.74, 6) is -0.562. The number of aliphatic carboxylic acids is 1. The van der Waals surface area contributed by atoms with Gasteiger partial charge in [-0.1, -0.05) is 29.3 Å². The van der Waals surface area contributed by atoms with Gasteiger partial charge in [0.1, 0.15) is 0 Å². The van der Waals surface area contributed by atoms with Crippen molar-refractivity contribution in [2.24, 2.45) is 5.92 Å². The first-order valence-electron chi connectivity index (χ1n) is 6.89. The van der Waals surface area contributed by atoms with Crippen LogP contribution in [0.4, 0.5) is 0 Å². The van der Waals surface area contributed by atoms with Crippen molar-refractivity contribution in [3.8, 4) is 0 Å². The van der Waals surface area contributed by atoms with E-state index in [9.17, 15) is 9.59 Å². The maximum Gasteiger partial charge on any atom is 0.303 e. The van der Waals surface area contributed by atoms with Crippen molar-refractivity contribution < 1.29 is 14.7 Å². The first kappa shape index (κ1) is 18.2. The Bertz CT molecular complexity index is 506. The molecule has 1 amide bonds. The van der Waals surface area contributed by atoms with E-state index in [4.69, 9.17) is 5.11 Å². The number of carbonyl (C=O) groups is 2. The van der Waals surface area contributed by atoms with Gasteiger partial charge in [-0.3, -0.25) is 9.59 Å². The summed E-state index contributed by atoms with van der Waals surface area (Å²) in [6.45, 7) is 2.60. The maximum atomic E-state index is 12.1. The quantitative estimate of drug-likeness (QED) is 0.661. The standard InChI is InChI=1S/C15H19Br2NO3/c1-2-10(3-6-14(19)20)7-8-18-15(21)12-5-4-11(16)9-13(12)17/h4-5,9-10H,2-3,6-8H2,1H3,(H,18,21)(H,19,20). The number of nitrogens with one attached hydrogen (secondary N) is 1. The van der Waals surface area contributed by atoms with Gasteiger partial charge < -0.3 is 10.4 Å². The van der Waals surface area contributed by atoms with Gasteiger partial charge in [0.05, 0.1) is 5.56 Å². The second-order valence-electron chi connectivity index (χ2n) is 4.88. The molecule has 4 nitrogen and oxygen atoms in total. The summed E-state index contributed by atoms with van der Waals surface area (Å²) in [4.78, 5) is 22.6. The van der Waals surface area contributed by atoms with Crippen LogP contribution >= 0.6 is 31.9 Å². The minimum Gasteiger partial charge on any atom is -0.481 e. The highest BCUT2D eigenvalue weighted by molar-refractivity contribution is 9.11. The molecule has 1 atom stereocenters. The van der Waals surface area contributed by atoms with E-state index in [1.54, 1.807) is 6.07 Å². The van der Waals surface area contributed by atoms with Crippen LogP contribution in [0.15, 0.2) is 27.1 Å². The van der Waals surface area contributed by atoms with Gasteiger partial charge in [0, 0.05) is 21.9 Å². The molecule has 0 spiro atoms. The lowest BCUT2D eigenvalue weighted by Gasteiger charge is -2.14. The normalized spacial score (nSPS) is 12.0. The van der Waals surface area contributed by atoms with Crippen molar-refractivity contribution in [3.05, 3.63) is 32.7 Å². The number of carboxylic acid groups (broad SMARTS) is 1. The molecular weight excluding hydrogens is 402 g/mol. The maximum absolute atomic E-state index is 12.1. The zero-order valence-electron chi connectivity index (χ0n) is 11.9. The number of rotatable bonds is 8. The van der Waals surface area contributed by atoms with Crippen LogP contribution in [0.25, 0.3) is 0 Å². The lowest BCUT2D eigenvalue weighted by Crippen LogP contribution is -2.26. The van der Waals surface area contributed by atoms with Gasteiger partial charge in [0.2, 0.25) is 0 Å². The summed E-state index contributed by atoms with van der Waals surface area (Å²) in [7, 11) is 0. The zero-order chi connectivity index (χ0) is 15.8. The molecule has 1 unspecified atom stereocenters. The number of carbonyl (C=O) groups excluding carboxylic acids is 1. The first-order valence-corrected chi connectivity index (χ1v) is 8.47. The minimum absolute atomic E-state index is 0.123. The van der Waals surface area contributed by atoms with Crippen LogP contribution in [-0.2, 0) is 4.79 Å². The van der Waals surface area contributed by atoms with Gasteiger partial charge in [-0.05, 0) is 52.9 Å². The van der Waals surface area contributed by atoms with Gasteiger partial charge in [-0.25, -0.2) is 0 Å². The smallest absolute Gasteiger partial charge is 0.303 e. The molecule has 0 aliphatic rings. The summed E-state index contributed by atoms with van der Waals surface area (Å²) in [5.41, 5.74) is 0.594. The summed E-state index contributed by atoms with van der Waals surface area (Å²) in [5, 5.41) is 11.6. The van der Waals surface area contributed by atoms with Crippen LogP contribution < -0.4 is 5.32 Å². The second kappa shape index (κ2) is 9.20. The molecule has 1 aromatic rings. The lowest BCUT2D eigenvalue weighted by atomic mass is 9.96. The zero-order valence-corrected chi connectivity index (χ0v) is 15.0. The molecule has 0 saturated heterocycles. The van der Waals surface area contributed by atoms with E-state index in [0.29, 0.717) is 24.4 Å². The van der Waals surface area contributed by atoms with Crippen LogP contribution in [0.2, 0.25) is 0 Å². The molecule has 6 heteroatoms. The van der Waals surface area contributed by atoms with E-state index in [1.807, 2.05) is 19.1 Å². The lowest BCUT2D eigenvalue weighted by molar-refractivity contribution is -0.137. The Morgan fingerprint density at radius 1 is 1.29 bits per heavy atom. The summed E-state index contributed by atoms with van der Waals surface area (Å²) in [6, 6.07) is 5.41. The number of benzene rings is 1. The van der Waals surface area contributed by atoms with Gasteiger partial charge >= 0.3 is 5.97 Å². The molecule has 0 heterocycles. The van der Waals surface area contributed by atoms with Crippen molar-refractivity contribution in [3.63, 3.8) is 0 Å². The van der Waals surface area contributed by atoms with E-state index in [0.717, 1.165) is 21.8 Å². The fraction of sp³-hybridized carbons (Fsp3) is 0.467. The molecule has 1 aromatic carbocycles. The van der Waals surface area contributed by atoms with Crippen LogP contribution in [0, 0.1) is 5.92 Å². The van der Waals surface area contributed by atoms with Gasteiger partial charge in [-0.2, -0.15) is 0 Å². The molecule has 1 rings (SSSR count). The Balaban J connectivity index is 2.43. The number of hydrogen-bond acceptors (Lipinski definition) is 2. The largest absolute Gasteiger partial charge is 0.481 e. The van der Waals surface area contributed by atoms with Crippen LogP contribution in [0.3, 0.4) is 0 Å². The number of hydrogen-bond donors (Lipinski definition) is 2. The first-order chi connectivity index (χ1) is 9.93. The monoisotopic (exact) mass is 419 g/mol. The predicted molar refractivity (Wildman–Crippen MR) is 89.4 cm³/mol. The fourth-order valence-corrected chi connectivity index (χ4v) is 3.27. The van der Waals surface area contributed by atoms with E-state index in [1.165, 1.54) is 0 Å². The second-order valence-corrected chi connectivity index (χ2v) is 6.65. The third-order valence-corrected chi connectivity index (χ3v) is 4.51. The van der Waals surface area contributed by atoms with E-state index in [-0.39, 0.29) is 12.3 Å². The van der Waals surface area contributed by atoms with Gasteiger partial charge in [0.25, 0.3) is 5.91 Å². The third kappa shape index (κ3) is 6.61. The van der Waals surface area contributed by atoms with E-state index < -0.39 is 5.97 Å². The van der Waals surface area contributed by atoms with E-state index >= 15 is 0 Å². The highest BCUT2D eigenvalue weighted by atomic mass is 79.9. The molecular formula is C15H19Br2NO3. The molecule has 2 N–H and O–H groups in total. The molecule has 0 bridgehead atoms. The van der Waals surface area contributed by atoms with Crippen molar-refractivity contribution in [1.82, 2.24) is 5.32 Å². The van der Waals surface area contributed by atoms with Crippen molar-refractivity contribution in [1.29, 1.82) is 0 Å². The number of amides is 1. The Kier molecular flexibility index (Phi) is 7.96. The predicted octanol–water partition coefficient (Wildman–Crippen LogP) is 4.22. The Hall–Kier alpha value is -0.880. The average molecular weight is 421 g/mol. The molecule has 0 radical (unpaired) electrons. The van der Waals surface area contributed by atoms with Gasteiger partial charge in [-0.15, -0.1) is 0 Å². The molecule has 0 aromatic heterocycles.